The summed E-state index contributed by atoms with van der Waals surface area (Å²) in [5, 5.41) is 12.3. The van der Waals surface area contributed by atoms with Crippen molar-refractivity contribution in [2.75, 3.05) is 13.2 Å². The fraction of sp³-hybridized carbons (Fsp3) is 0.636. The summed E-state index contributed by atoms with van der Waals surface area (Å²) >= 11 is 0. The minimum absolute atomic E-state index is 0.0375. The average Bonchev–Trinajstić information content (AvgIpc) is 2.97. The number of carbonyl (C=O) groups is 1. The van der Waals surface area contributed by atoms with Gasteiger partial charge in [-0.15, -0.1) is 0 Å². The zero-order chi connectivity index (χ0) is 14.8. The Morgan fingerprint density at radius 3 is 3.05 bits per heavy atom. The fourth-order valence-electron chi connectivity index (χ4n) is 2.06. The van der Waals surface area contributed by atoms with Gasteiger partial charge in [0.25, 0.3) is 0 Å². The Labute approximate surface area is 116 Å². The molecule has 1 aromatic rings. The van der Waals surface area contributed by atoms with Crippen molar-refractivity contribution in [3.8, 4) is 0 Å². The van der Waals surface area contributed by atoms with Crippen LogP contribution in [0.5, 0.6) is 0 Å². The lowest BCUT2D eigenvalue weighted by Crippen LogP contribution is -2.38. The highest BCUT2D eigenvalue weighted by atomic mass is 32.2. The second kappa shape index (κ2) is 5.90. The number of carboxylic acids is 1. The third-order valence-electron chi connectivity index (χ3n) is 3.23. The molecule has 0 saturated carbocycles. The van der Waals surface area contributed by atoms with Crippen molar-refractivity contribution >= 4 is 16.0 Å². The Bertz CT molecular complexity index is 577. The summed E-state index contributed by atoms with van der Waals surface area (Å²) < 4.78 is 33.2. The predicted molar refractivity (Wildman–Crippen MR) is 68.6 cm³/mol. The van der Waals surface area contributed by atoms with Gasteiger partial charge < -0.3 is 9.84 Å². The highest BCUT2D eigenvalue weighted by Gasteiger charge is 2.27. The minimum atomic E-state index is -3.69. The van der Waals surface area contributed by atoms with Gasteiger partial charge in [0.2, 0.25) is 10.0 Å². The standard InChI is InChI=1S/C11H17N3O5S/c1-8(9-2-3-19-7-9)13-20(17,18)10-4-12-14(5-10)6-11(15)16/h4-5,8-9,13H,2-3,6-7H2,1H3,(H,15,16). The van der Waals surface area contributed by atoms with E-state index in [1.807, 2.05) is 0 Å². The van der Waals surface area contributed by atoms with E-state index in [-0.39, 0.29) is 23.4 Å². The number of ether oxygens (including phenoxy) is 1. The lowest BCUT2D eigenvalue weighted by molar-refractivity contribution is -0.137. The van der Waals surface area contributed by atoms with Crippen LogP contribution >= 0.6 is 0 Å². The number of hydrogen-bond acceptors (Lipinski definition) is 5. The summed E-state index contributed by atoms with van der Waals surface area (Å²) in [4.78, 5) is 10.5. The molecule has 112 valence electrons. The lowest BCUT2D eigenvalue weighted by atomic mass is 10.0. The van der Waals surface area contributed by atoms with Crippen LogP contribution < -0.4 is 4.72 Å². The maximum Gasteiger partial charge on any atom is 0.325 e. The van der Waals surface area contributed by atoms with Gasteiger partial charge in [-0.2, -0.15) is 5.10 Å². The number of nitrogens with zero attached hydrogens (tertiary/aromatic N) is 2. The number of nitrogens with one attached hydrogen (secondary N) is 1. The maximum atomic E-state index is 12.1. The highest BCUT2D eigenvalue weighted by Crippen LogP contribution is 2.18. The van der Waals surface area contributed by atoms with Crippen LogP contribution in [0.2, 0.25) is 0 Å². The molecule has 2 heterocycles. The van der Waals surface area contributed by atoms with E-state index in [2.05, 4.69) is 9.82 Å². The van der Waals surface area contributed by atoms with Crippen molar-refractivity contribution in [1.29, 1.82) is 0 Å². The van der Waals surface area contributed by atoms with Gasteiger partial charge in [-0.3, -0.25) is 9.48 Å². The van der Waals surface area contributed by atoms with Crippen molar-refractivity contribution in [2.24, 2.45) is 5.92 Å². The smallest absolute Gasteiger partial charge is 0.325 e. The molecule has 1 aliphatic rings. The monoisotopic (exact) mass is 303 g/mol. The number of hydrogen-bond donors (Lipinski definition) is 2. The minimum Gasteiger partial charge on any atom is -0.480 e. The largest absolute Gasteiger partial charge is 0.480 e. The zero-order valence-corrected chi connectivity index (χ0v) is 11.8. The SMILES string of the molecule is CC(NS(=O)(=O)c1cnn(CC(=O)O)c1)C1CCOC1. The molecule has 0 aliphatic carbocycles. The van der Waals surface area contributed by atoms with Gasteiger partial charge >= 0.3 is 5.97 Å². The normalized spacial score (nSPS) is 20.9. The molecule has 2 rings (SSSR count). The van der Waals surface area contributed by atoms with Gasteiger partial charge in [0.05, 0.1) is 12.8 Å². The first kappa shape index (κ1) is 14.9. The van der Waals surface area contributed by atoms with Crippen LogP contribution in [0.3, 0.4) is 0 Å². The molecule has 2 unspecified atom stereocenters. The van der Waals surface area contributed by atoms with Gasteiger partial charge in [-0.25, -0.2) is 13.1 Å². The summed E-state index contributed by atoms with van der Waals surface area (Å²) in [6.45, 7) is 2.61. The first-order chi connectivity index (χ1) is 9.38. The van der Waals surface area contributed by atoms with Gasteiger partial charge in [0.15, 0.2) is 0 Å². The Balaban J connectivity index is 2.05. The van der Waals surface area contributed by atoms with E-state index in [4.69, 9.17) is 9.84 Å². The van der Waals surface area contributed by atoms with E-state index in [0.717, 1.165) is 17.3 Å². The van der Waals surface area contributed by atoms with Crippen LogP contribution in [0.15, 0.2) is 17.3 Å². The molecule has 2 atom stereocenters. The Morgan fingerprint density at radius 2 is 2.45 bits per heavy atom. The molecule has 1 saturated heterocycles. The van der Waals surface area contributed by atoms with Gasteiger partial charge in [-0.05, 0) is 13.3 Å². The number of carboxylic acid groups (broad SMARTS) is 1. The Hall–Kier alpha value is -1.45. The lowest BCUT2D eigenvalue weighted by Gasteiger charge is -2.18. The Kier molecular flexibility index (Phi) is 4.41. The summed E-state index contributed by atoms with van der Waals surface area (Å²) in [5.41, 5.74) is 0. The number of aromatic nitrogens is 2. The highest BCUT2D eigenvalue weighted by molar-refractivity contribution is 7.89. The van der Waals surface area contributed by atoms with Crippen LogP contribution in [-0.4, -0.2) is 48.5 Å². The zero-order valence-electron chi connectivity index (χ0n) is 11.0. The molecule has 1 aliphatic heterocycles. The first-order valence-electron chi connectivity index (χ1n) is 6.23. The average molecular weight is 303 g/mol. The van der Waals surface area contributed by atoms with Gasteiger partial charge in [-0.1, -0.05) is 0 Å². The second-order valence-electron chi connectivity index (χ2n) is 4.80. The topological polar surface area (TPSA) is 111 Å². The van der Waals surface area contributed by atoms with E-state index >= 15 is 0 Å². The van der Waals surface area contributed by atoms with Crippen LogP contribution in [0, 0.1) is 5.92 Å². The van der Waals surface area contributed by atoms with Gasteiger partial charge in [0.1, 0.15) is 11.4 Å². The van der Waals surface area contributed by atoms with E-state index in [9.17, 15) is 13.2 Å². The third kappa shape index (κ3) is 3.56. The molecule has 20 heavy (non-hydrogen) atoms. The van der Waals surface area contributed by atoms with E-state index < -0.39 is 16.0 Å². The molecule has 0 radical (unpaired) electrons. The van der Waals surface area contributed by atoms with Crippen molar-refractivity contribution in [1.82, 2.24) is 14.5 Å². The molecule has 0 aromatic carbocycles. The molecule has 8 nitrogen and oxygen atoms in total. The van der Waals surface area contributed by atoms with Crippen LogP contribution in [0.4, 0.5) is 0 Å². The van der Waals surface area contributed by atoms with E-state index in [1.54, 1.807) is 6.92 Å². The molecule has 0 bridgehead atoms. The van der Waals surface area contributed by atoms with Crippen molar-refractivity contribution in [3.05, 3.63) is 12.4 Å². The molecule has 1 fully saturated rings. The summed E-state index contributed by atoms with van der Waals surface area (Å²) in [6.07, 6.45) is 3.17. The van der Waals surface area contributed by atoms with E-state index in [1.165, 1.54) is 6.20 Å². The Morgan fingerprint density at radius 1 is 1.70 bits per heavy atom. The van der Waals surface area contributed by atoms with Gasteiger partial charge in [0, 0.05) is 24.8 Å². The quantitative estimate of drug-likeness (QED) is 0.744. The number of aliphatic carboxylic acids is 1. The molecule has 2 N–H and O–H groups in total. The van der Waals surface area contributed by atoms with E-state index in [0.29, 0.717) is 13.2 Å². The first-order valence-corrected chi connectivity index (χ1v) is 7.71. The summed E-state index contributed by atoms with van der Waals surface area (Å²) in [6, 6.07) is -0.245. The number of sulfonamides is 1. The summed E-state index contributed by atoms with van der Waals surface area (Å²) in [7, 11) is -3.69. The number of rotatable bonds is 6. The van der Waals surface area contributed by atoms with Crippen LogP contribution in [-0.2, 0) is 26.1 Å². The van der Waals surface area contributed by atoms with Crippen molar-refractivity contribution < 1.29 is 23.1 Å². The summed E-state index contributed by atoms with van der Waals surface area (Å²) in [5.74, 6) is -0.930. The molecular weight excluding hydrogens is 286 g/mol. The predicted octanol–water partition coefficient (Wildman–Crippen LogP) is -0.329. The molecule has 1 aromatic heterocycles. The fourth-order valence-corrected chi connectivity index (χ4v) is 3.33. The molecule has 0 spiro atoms. The molecular formula is C11H17N3O5S. The van der Waals surface area contributed by atoms with Crippen molar-refractivity contribution in [2.45, 2.75) is 30.8 Å². The molecule has 9 heteroatoms. The molecule has 0 amide bonds. The van der Waals surface area contributed by atoms with Crippen LogP contribution in [0.1, 0.15) is 13.3 Å². The third-order valence-corrected chi connectivity index (χ3v) is 4.74. The van der Waals surface area contributed by atoms with Crippen LogP contribution in [0.25, 0.3) is 0 Å². The second-order valence-corrected chi connectivity index (χ2v) is 6.51. The van der Waals surface area contributed by atoms with Crippen molar-refractivity contribution in [3.63, 3.8) is 0 Å². The maximum absolute atomic E-state index is 12.1.